The molecular weight excluding hydrogens is 248 g/mol. The fourth-order valence-corrected chi connectivity index (χ4v) is 2.27. The van der Waals surface area contributed by atoms with Gasteiger partial charge in [0, 0.05) is 10.9 Å². The molecule has 0 saturated heterocycles. The molecule has 2 aromatic rings. The number of phenolic OH excluding ortho intramolecular Hbond substituents is 1. The predicted molar refractivity (Wildman–Crippen MR) is 65.3 cm³/mol. The molecule has 2 N–H and O–H groups in total. The number of hydrogen-bond donors (Lipinski definition) is 2. The molecule has 94 valence electrons. The Labute approximate surface area is 107 Å². The molecule has 0 spiro atoms. The molecule has 1 aliphatic carbocycles. The Hall–Kier alpha value is -2.53. The topological polar surface area (TPSA) is 91.7 Å². The Bertz CT molecular complexity index is 760. The third kappa shape index (κ3) is 1.42. The van der Waals surface area contributed by atoms with Crippen molar-refractivity contribution in [3.8, 4) is 5.75 Å². The summed E-state index contributed by atoms with van der Waals surface area (Å²) in [6, 6.07) is 8.01. The van der Waals surface area contributed by atoms with Crippen LogP contribution in [-0.4, -0.2) is 33.7 Å². The number of aromatic hydroxyl groups is 1. The van der Waals surface area contributed by atoms with Gasteiger partial charge in [0.05, 0.1) is 5.56 Å². The zero-order valence-electron chi connectivity index (χ0n) is 9.58. The van der Waals surface area contributed by atoms with Gasteiger partial charge >= 0.3 is 0 Å². The highest BCUT2D eigenvalue weighted by atomic mass is 16.3. The molecule has 0 radical (unpaired) electrons. The van der Waals surface area contributed by atoms with Crippen LogP contribution < -0.4 is 0 Å². The molecule has 2 aromatic carbocycles. The zero-order chi connectivity index (χ0) is 13.7. The Morgan fingerprint density at radius 3 is 2.42 bits per heavy atom. The lowest BCUT2D eigenvalue weighted by molar-refractivity contribution is -0.120. The van der Waals surface area contributed by atoms with Gasteiger partial charge < -0.3 is 10.2 Å². The highest BCUT2D eigenvalue weighted by Gasteiger charge is 2.41. The first-order valence-corrected chi connectivity index (χ1v) is 5.58. The molecule has 0 aromatic heterocycles. The number of aliphatic hydroxyl groups is 1. The van der Waals surface area contributed by atoms with E-state index in [0.29, 0.717) is 10.8 Å². The average molecular weight is 256 g/mol. The van der Waals surface area contributed by atoms with Crippen LogP contribution in [-0.2, 0) is 4.79 Å². The van der Waals surface area contributed by atoms with Gasteiger partial charge in [-0.2, -0.15) is 0 Å². The second kappa shape index (κ2) is 3.73. The SMILES string of the molecule is O=C1C(=O)C(O)C(=O)c2c1cc1ccccc1c2O. The number of carbonyl (C=O) groups excluding carboxylic acids is 3. The first-order chi connectivity index (χ1) is 9.02. The van der Waals surface area contributed by atoms with Crippen LogP contribution in [0.25, 0.3) is 10.8 Å². The van der Waals surface area contributed by atoms with Crippen LogP contribution >= 0.6 is 0 Å². The maximum Gasteiger partial charge on any atom is 0.239 e. The summed E-state index contributed by atoms with van der Waals surface area (Å²) in [6.07, 6.45) is -2.02. The van der Waals surface area contributed by atoms with Crippen molar-refractivity contribution in [2.75, 3.05) is 0 Å². The van der Waals surface area contributed by atoms with Crippen molar-refractivity contribution in [2.45, 2.75) is 6.10 Å². The van der Waals surface area contributed by atoms with Crippen LogP contribution in [0.15, 0.2) is 30.3 Å². The van der Waals surface area contributed by atoms with Crippen molar-refractivity contribution in [2.24, 2.45) is 0 Å². The lowest BCUT2D eigenvalue weighted by Gasteiger charge is -2.19. The van der Waals surface area contributed by atoms with Crippen molar-refractivity contribution in [1.82, 2.24) is 0 Å². The molecule has 5 nitrogen and oxygen atoms in total. The van der Waals surface area contributed by atoms with E-state index >= 15 is 0 Å². The molecule has 19 heavy (non-hydrogen) atoms. The van der Waals surface area contributed by atoms with Crippen LogP contribution in [0.4, 0.5) is 0 Å². The van der Waals surface area contributed by atoms with Gasteiger partial charge in [0.25, 0.3) is 0 Å². The van der Waals surface area contributed by atoms with Crippen molar-refractivity contribution < 1.29 is 24.6 Å². The summed E-state index contributed by atoms with van der Waals surface area (Å²) >= 11 is 0. The number of fused-ring (bicyclic) bond motifs is 2. The lowest BCUT2D eigenvalue weighted by Crippen LogP contribution is -2.41. The van der Waals surface area contributed by atoms with E-state index in [-0.39, 0.29) is 16.9 Å². The quantitative estimate of drug-likeness (QED) is 0.538. The van der Waals surface area contributed by atoms with Gasteiger partial charge in [0.15, 0.2) is 6.10 Å². The molecule has 3 rings (SSSR count). The Kier molecular flexibility index (Phi) is 2.27. The van der Waals surface area contributed by atoms with Gasteiger partial charge in [-0.3, -0.25) is 14.4 Å². The maximum absolute atomic E-state index is 11.9. The van der Waals surface area contributed by atoms with Crippen LogP contribution in [0.2, 0.25) is 0 Å². The Morgan fingerprint density at radius 1 is 1.00 bits per heavy atom. The predicted octanol–water partition coefficient (Wildman–Crippen LogP) is 0.854. The minimum atomic E-state index is -2.02. The Morgan fingerprint density at radius 2 is 1.68 bits per heavy atom. The molecule has 0 fully saturated rings. The van der Waals surface area contributed by atoms with Gasteiger partial charge in [0.2, 0.25) is 17.3 Å². The molecule has 0 saturated carbocycles. The van der Waals surface area contributed by atoms with E-state index in [1.807, 2.05) is 0 Å². The summed E-state index contributed by atoms with van der Waals surface area (Å²) in [5.74, 6) is -3.43. The fourth-order valence-electron chi connectivity index (χ4n) is 2.27. The van der Waals surface area contributed by atoms with Crippen LogP contribution in [0.3, 0.4) is 0 Å². The minimum Gasteiger partial charge on any atom is -0.507 e. The van der Waals surface area contributed by atoms with Crippen LogP contribution in [0, 0.1) is 0 Å². The smallest absolute Gasteiger partial charge is 0.239 e. The van der Waals surface area contributed by atoms with E-state index in [4.69, 9.17) is 0 Å². The molecular formula is C14H8O5. The maximum atomic E-state index is 11.9. The normalized spacial score (nSPS) is 18.8. The highest BCUT2D eigenvalue weighted by molar-refractivity contribution is 6.53. The average Bonchev–Trinajstić information content (AvgIpc) is 2.43. The number of hydrogen-bond acceptors (Lipinski definition) is 5. The van der Waals surface area contributed by atoms with E-state index in [1.54, 1.807) is 24.3 Å². The van der Waals surface area contributed by atoms with Crippen molar-refractivity contribution in [3.63, 3.8) is 0 Å². The summed E-state index contributed by atoms with van der Waals surface area (Å²) < 4.78 is 0. The highest BCUT2D eigenvalue weighted by Crippen LogP contribution is 2.35. The van der Waals surface area contributed by atoms with E-state index in [9.17, 15) is 24.6 Å². The van der Waals surface area contributed by atoms with Crippen molar-refractivity contribution >= 4 is 28.1 Å². The molecule has 5 heteroatoms. The number of Topliss-reactive ketones (excluding diaryl/α,β-unsaturated/α-hetero) is 3. The molecule has 1 atom stereocenters. The summed E-state index contributed by atoms with van der Waals surface area (Å²) in [4.78, 5) is 35.1. The van der Waals surface area contributed by atoms with Gasteiger partial charge in [-0.05, 0) is 11.5 Å². The van der Waals surface area contributed by atoms with E-state index < -0.39 is 23.5 Å². The molecule has 0 amide bonds. The van der Waals surface area contributed by atoms with Gasteiger partial charge in [-0.1, -0.05) is 24.3 Å². The standard InChI is InChI=1S/C14H8O5/c15-10-7-4-2-1-3-6(7)5-8-9(10)12(17)14(19)13(18)11(8)16/h1-5,14-15,19H. The number of phenols is 1. The summed E-state index contributed by atoms with van der Waals surface area (Å²) in [5.41, 5.74) is -0.438. The third-order valence-electron chi connectivity index (χ3n) is 3.23. The molecule has 0 heterocycles. The van der Waals surface area contributed by atoms with Crippen molar-refractivity contribution in [1.29, 1.82) is 0 Å². The van der Waals surface area contributed by atoms with E-state index in [0.717, 1.165) is 0 Å². The van der Waals surface area contributed by atoms with Crippen molar-refractivity contribution in [3.05, 3.63) is 41.5 Å². The second-order valence-electron chi connectivity index (χ2n) is 4.33. The Balaban J connectivity index is 2.45. The molecule has 1 unspecified atom stereocenters. The number of ketones is 3. The van der Waals surface area contributed by atoms with Gasteiger partial charge in [-0.15, -0.1) is 0 Å². The summed E-state index contributed by atoms with van der Waals surface area (Å²) in [6.45, 7) is 0. The fraction of sp³-hybridized carbons (Fsp3) is 0.0714. The van der Waals surface area contributed by atoms with E-state index in [1.165, 1.54) is 6.07 Å². The third-order valence-corrected chi connectivity index (χ3v) is 3.23. The second-order valence-corrected chi connectivity index (χ2v) is 4.33. The number of rotatable bonds is 0. The minimum absolute atomic E-state index is 0.156. The number of benzene rings is 2. The molecule has 1 aliphatic rings. The molecule has 0 bridgehead atoms. The lowest BCUT2D eigenvalue weighted by atomic mass is 9.84. The largest absolute Gasteiger partial charge is 0.507 e. The van der Waals surface area contributed by atoms with Gasteiger partial charge in [-0.25, -0.2) is 0 Å². The number of aliphatic hydroxyl groups excluding tert-OH is 1. The van der Waals surface area contributed by atoms with Crippen LogP contribution in [0.1, 0.15) is 20.7 Å². The first-order valence-electron chi connectivity index (χ1n) is 5.58. The summed E-state index contributed by atoms with van der Waals surface area (Å²) in [7, 11) is 0. The van der Waals surface area contributed by atoms with Gasteiger partial charge in [0.1, 0.15) is 5.75 Å². The van der Waals surface area contributed by atoms with E-state index in [2.05, 4.69) is 0 Å². The van der Waals surface area contributed by atoms with Crippen LogP contribution in [0.5, 0.6) is 5.75 Å². The zero-order valence-corrected chi connectivity index (χ0v) is 9.58. The molecule has 0 aliphatic heterocycles. The monoisotopic (exact) mass is 256 g/mol. The summed E-state index contributed by atoms with van der Waals surface area (Å²) in [5, 5.41) is 20.5. The number of carbonyl (C=O) groups is 3. The first kappa shape index (κ1) is 11.6.